The van der Waals surface area contributed by atoms with Crippen LogP contribution in [-0.2, 0) is 13.0 Å². The summed E-state index contributed by atoms with van der Waals surface area (Å²) in [6.07, 6.45) is 2.10. The van der Waals surface area contributed by atoms with E-state index in [1.165, 1.54) is 10.3 Å². The monoisotopic (exact) mass is 423 g/mol. The predicted molar refractivity (Wildman–Crippen MR) is 123 cm³/mol. The molecule has 0 spiro atoms. The van der Waals surface area contributed by atoms with Gasteiger partial charge in [0.25, 0.3) is 0 Å². The summed E-state index contributed by atoms with van der Waals surface area (Å²) in [7, 11) is 0. The highest BCUT2D eigenvalue weighted by molar-refractivity contribution is 7.22. The van der Waals surface area contributed by atoms with Crippen molar-refractivity contribution >= 4 is 54.9 Å². The van der Waals surface area contributed by atoms with Gasteiger partial charge in [0.15, 0.2) is 0 Å². The minimum absolute atomic E-state index is 0.707. The van der Waals surface area contributed by atoms with E-state index in [0.29, 0.717) is 5.02 Å². The van der Waals surface area contributed by atoms with Crippen LogP contribution in [0.5, 0.6) is 0 Å². The zero-order valence-electron chi connectivity index (χ0n) is 16.2. The van der Waals surface area contributed by atoms with Crippen molar-refractivity contribution in [2.75, 3.05) is 23.9 Å². The number of fused-ring (bicyclic) bond motifs is 3. The van der Waals surface area contributed by atoms with Gasteiger partial charge >= 0.3 is 0 Å². The smallest absolute Gasteiger partial charge is 0.202 e. The van der Waals surface area contributed by atoms with Gasteiger partial charge in [0.1, 0.15) is 0 Å². The molecule has 2 aromatic carbocycles. The lowest BCUT2D eigenvalue weighted by molar-refractivity contribution is 0.253. The van der Waals surface area contributed by atoms with Crippen LogP contribution >= 0.6 is 22.9 Å². The highest BCUT2D eigenvalue weighted by Gasteiger charge is 2.22. The van der Waals surface area contributed by atoms with E-state index in [0.717, 1.165) is 65.4 Å². The summed E-state index contributed by atoms with van der Waals surface area (Å²) < 4.78 is 1.17. The Morgan fingerprint density at radius 1 is 1.10 bits per heavy atom. The van der Waals surface area contributed by atoms with E-state index in [1.54, 1.807) is 11.3 Å². The lowest BCUT2D eigenvalue weighted by Gasteiger charge is -2.30. The van der Waals surface area contributed by atoms with Crippen LogP contribution < -0.4 is 10.9 Å². The van der Waals surface area contributed by atoms with Crippen LogP contribution in [-0.4, -0.2) is 28.0 Å². The van der Waals surface area contributed by atoms with Gasteiger partial charge in [0, 0.05) is 41.2 Å². The van der Waals surface area contributed by atoms with Crippen molar-refractivity contribution in [1.82, 2.24) is 14.9 Å². The molecule has 0 amide bonds. The summed E-state index contributed by atoms with van der Waals surface area (Å²) in [5, 5.41) is 2.62. The van der Waals surface area contributed by atoms with Gasteiger partial charge in [-0.05, 0) is 43.3 Å². The number of hydrogen-bond acceptors (Lipinski definition) is 6. The second-order valence-electron chi connectivity index (χ2n) is 7.34. The lowest BCUT2D eigenvalue weighted by Crippen LogP contribution is -2.32. The maximum absolute atomic E-state index is 6.24. The van der Waals surface area contributed by atoms with Crippen LogP contribution in [0.15, 0.2) is 42.5 Å². The Bertz CT molecular complexity index is 1160. The molecule has 148 valence electrons. The van der Waals surface area contributed by atoms with Gasteiger partial charge in [-0.15, -0.1) is 0 Å². The quantitative estimate of drug-likeness (QED) is 0.403. The number of benzene rings is 2. The van der Waals surface area contributed by atoms with Crippen molar-refractivity contribution < 1.29 is 0 Å². The average molecular weight is 424 g/mol. The van der Waals surface area contributed by atoms with Crippen LogP contribution in [0.3, 0.4) is 0 Å². The van der Waals surface area contributed by atoms with Crippen molar-refractivity contribution in [1.29, 1.82) is 0 Å². The summed E-state index contributed by atoms with van der Waals surface area (Å²) in [6.45, 7) is 5.27. The highest BCUT2D eigenvalue weighted by Crippen LogP contribution is 2.34. The first kappa shape index (κ1) is 18.6. The normalized spacial score (nSPS) is 14.3. The molecule has 0 saturated carbocycles. The third kappa shape index (κ3) is 3.64. The van der Waals surface area contributed by atoms with Gasteiger partial charge in [-0.2, -0.15) is 0 Å². The fraction of sp³-hybridized carbons (Fsp3) is 0.273. The predicted octanol–water partition coefficient (Wildman–Crippen LogP) is 5.71. The number of nitrogens with zero attached hydrogens (tertiary/aromatic N) is 3. The van der Waals surface area contributed by atoms with Crippen molar-refractivity contribution in [3.05, 3.63) is 58.7 Å². The Morgan fingerprint density at radius 3 is 2.86 bits per heavy atom. The fourth-order valence-corrected chi connectivity index (χ4v) is 4.95. The Morgan fingerprint density at radius 2 is 2.00 bits per heavy atom. The van der Waals surface area contributed by atoms with Crippen LogP contribution in [0.4, 0.5) is 10.8 Å². The number of rotatable bonds is 5. The molecule has 4 aromatic rings. The summed E-state index contributed by atoms with van der Waals surface area (Å²) in [6, 6.07) is 14.1. The molecule has 0 fully saturated rings. The molecule has 3 heterocycles. The SMILES string of the molecule is CCCN1CCc2nc3cc(Cl)ccc3c(NNc3nc4ccccc4s3)c2C1. The van der Waals surface area contributed by atoms with Gasteiger partial charge in [0.2, 0.25) is 5.13 Å². The van der Waals surface area contributed by atoms with E-state index in [1.807, 2.05) is 36.4 Å². The Kier molecular flexibility index (Phi) is 4.99. The van der Waals surface area contributed by atoms with E-state index in [9.17, 15) is 0 Å². The topological polar surface area (TPSA) is 53.1 Å². The third-order valence-electron chi connectivity index (χ3n) is 5.31. The first-order valence-electron chi connectivity index (χ1n) is 9.92. The molecule has 2 N–H and O–H groups in total. The molecule has 0 atom stereocenters. The Hall–Kier alpha value is -2.41. The van der Waals surface area contributed by atoms with Crippen molar-refractivity contribution in [3.8, 4) is 0 Å². The molecule has 2 aromatic heterocycles. The second-order valence-corrected chi connectivity index (χ2v) is 8.80. The number of pyridine rings is 1. The van der Waals surface area contributed by atoms with Gasteiger partial charge in [-0.3, -0.25) is 20.7 Å². The lowest BCUT2D eigenvalue weighted by atomic mass is 10.00. The first-order valence-corrected chi connectivity index (χ1v) is 11.1. The molecule has 1 aliphatic heterocycles. The largest absolute Gasteiger partial charge is 0.299 e. The first-order chi connectivity index (χ1) is 14.2. The minimum atomic E-state index is 0.707. The van der Waals surface area contributed by atoms with Gasteiger partial charge < -0.3 is 0 Å². The number of para-hydroxylation sites is 1. The summed E-state index contributed by atoms with van der Waals surface area (Å²) >= 11 is 7.88. The van der Waals surface area contributed by atoms with E-state index >= 15 is 0 Å². The number of anilines is 2. The van der Waals surface area contributed by atoms with Crippen LogP contribution in [0, 0.1) is 0 Å². The number of nitrogens with one attached hydrogen (secondary N) is 2. The zero-order valence-corrected chi connectivity index (χ0v) is 17.8. The molecule has 29 heavy (non-hydrogen) atoms. The second kappa shape index (κ2) is 7.78. The molecular weight excluding hydrogens is 402 g/mol. The Labute approximate surface area is 178 Å². The molecule has 0 bridgehead atoms. The third-order valence-corrected chi connectivity index (χ3v) is 6.50. The number of hydrazine groups is 1. The number of hydrogen-bond donors (Lipinski definition) is 2. The van der Waals surface area contributed by atoms with Crippen molar-refractivity contribution in [2.24, 2.45) is 0 Å². The molecule has 5 rings (SSSR count). The molecule has 0 aliphatic carbocycles. The summed E-state index contributed by atoms with van der Waals surface area (Å²) in [4.78, 5) is 12.1. The molecule has 5 nitrogen and oxygen atoms in total. The van der Waals surface area contributed by atoms with E-state index < -0.39 is 0 Å². The number of thiazole rings is 1. The maximum atomic E-state index is 6.24. The van der Waals surface area contributed by atoms with Crippen molar-refractivity contribution in [3.63, 3.8) is 0 Å². The minimum Gasteiger partial charge on any atom is -0.299 e. The fourth-order valence-electron chi connectivity index (χ4n) is 3.96. The maximum Gasteiger partial charge on any atom is 0.202 e. The van der Waals surface area contributed by atoms with E-state index in [2.05, 4.69) is 33.7 Å². The number of halogens is 1. The molecule has 0 radical (unpaired) electrons. The number of aromatic nitrogens is 2. The van der Waals surface area contributed by atoms with Crippen LogP contribution in [0.1, 0.15) is 24.6 Å². The van der Waals surface area contributed by atoms with Crippen LogP contribution in [0.25, 0.3) is 21.1 Å². The average Bonchev–Trinajstić information content (AvgIpc) is 3.14. The Balaban J connectivity index is 1.54. The molecular formula is C22H22ClN5S. The summed E-state index contributed by atoms with van der Waals surface area (Å²) in [5.41, 5.74) is 12.2. The van der Waals surface area contributed by atoms with E-state index in [-0.39, 0.29) is 0 Å². The molecule has 1 aliphatic rings. The summed E-state index contributed by atoms with van der Waals surface area (Å²) in [5.74, 6) is 0. The highest BCUT2D eigenvalue weighted by atomic mass is 35.5. The zero-order chi connectivity index (χ0) is 19.8. The van der Waals surface area contributed by atoms with Gasteiger partial charge in [-0.1, -0.05) is 42.0 Å². The molecule has 0 unspecified atom stereocenters. The molecule has 0 saturated heterocycles. The van der Waals surface area contributed by atoms with Gasteiger partial charge in [0.05, 0.1) is 21.4 Å². The van der Waals surface area contributed by atoms with E-state index in [4.69, 9.17) is 16.6 Å². The van der Waals surface area contributed by atoms with Crippen LogP contribution in [0.2, 0.25) is 5.02 Å². The molecule has 7 heteroatoms. The van der Waals surface area contributed by atoms with Crippen molar-refractivity contribution in [2.45, 2.75) is 26.3 Å². The standard InChI is InChI=1S/C22H22ClN5S/c1-2-10-28-11-9-17-16(13-28)21(15-8-7-14(23)12-19(15)24-17)26-27-22-25-18-5-3-4-6-20(18)29-22/h3-8,12H,2,9-11,13H2,1H3,(H,24,26)(H,25,27). The van der Waals surface area contributed by atoms with Gasteiger partial charge in [-0.25, -0.2) is 4.98 Å².